The number of nitrogens with zero attached hydrogens (tertiary/aromatic N) is 4. The molecule has 2 aromatic rings. The van der Waals surface area contributed by atoms with Crippen LogP contribution >= 0.6 is 0 Å². The van der Waals surface area contributed by atoms with Gasteiger partial charge in [0.2, 0.25) is 0 Å². The molecular weight excluding hydrogens is 388 g/mol. The topological polar surface area (TPSA) is 63.4 Å². The minimum atomic E-state index is -0.974. The lowest BCUT2D eigenvalue weighted by molar-refractivity contribution is -0.0376. The smallest absolute Gasteiger partial charge is 0.114 e. The summed E-state index contributed by atoms with van der Waals surface area (Å²) in [7, 11) is 0. The summed E-state index contributed by atoms with van der Waals surface area (Å²) in [5, 5.41) is 19.0. The van der Waals surface area contributed by atoms with Crippen LogP contribution in [0.4, 0.5) is 0 Å². The zero-order valence-corrected chi connectivity index (χ0v) is 19.1. The molecule has 3 fully saturated rings. The molecule has 1 aromatic carbocycles. The van der Waals surface area contributed by atoms with Crippen LogP contribution in [-0.2, 0) is 16.9 Å². The van der Waals surface area contributed by atoms with Crippen LogP contribution in [0, 0.1) is 24.7 Å². The fourth-order valence-corrected chi connectivity index (χ4v) is 5.29. The Balaban J connectivity index is 1.30. The van der Waals surface area contributed by atoms with Crippen LogP contribution in [0.1, 0.15) is 62.4 Å². The fourth-order valence-electron chi connectivity index (χ4n) is 5.29. The first kappa shape index (κ1) is 21.1. The van der Waals surface area contributed by atoms with Crippen molar-refractivity contribution in [1.29, 1.82) is 0 Å². The maximum absolute atomic E-state index is 10.3. The van der Waals surface area contributed by atoms with Crippen LogP contribution in [0.25, 0.3) is 0 Å². The minimum Gasteiger partial charge on any atom is -0.384 e. The second kappa shape index (κ2) is 8.30. The van der Waals surface area contributed by atoms with Gasteiger partial charge in [0.1, 0.15) is 11.3 Å². The Bertz CT molecular complexity index is 884. The number of ether oxygens (including phenoxy) is 1. The molecule has 168 valence electrons. The van der Waals surface area contributed by atoms with Crippen LogP contribution < -0.4 is 0 Å². The SMILES string of the molecule is Cc1ccc(CN2C[C@H]3C[C@@H](n4cc(C(C)(C)O)nn4)[C@H](OCC4CC4)C[C@H]3C2)cc1. The highest BCUT2D eigenvalue weighted by Crippen LogP contribution is 2.43. The maximum Gasteiger partial charge on any atom is 0.114 e. The van der Waals surface area contributed by atoms with Gasteiger partial charge in [-0.25, -0.2) is 4.68 Å². The quantitative estimate of drug-likeness (QED) is 0.734. The predicted octanol–water partition coefficient (Wildman–Crippen LogP) is 3.69. The summed E-state index contributed by atoms with van der Waals surface area (Å²) < 4.78 is 8.45. The van der Waals surface area contributed by atoms with Gasteiger partial charge < -0.3 is 9.84 Å². The first-order chi connectivity index (χ1) is 14.8. The summed E-state index contributed by atoms with van der Waals surface area (Å²) in [6.07, 6.45) is 6.87. The van der Waals surface area contributed by atoms with Gasteiger partial charge in [0.15, 0.2) is 0 Å². The highest BCUT2D eigenvalue weighted by atomic mass is 16.5. The van der Waals surface area contributed by atoms with Gasteiger partial charge in [-0.05, 0) is 69.8 Å². The average Bonchev–Trinajstić information content (AvgIpc) is 3.25. The van der Waals surface area contributed by atoms with E-state index in [0.717, 1.165) is 45.0 Å². The van der Waals surface area contributed by atoms with Crippen LogP contribution in [0.3, 0.4) is 0 Å². The fraction of sp³-hybridized carbons (Fsp3) is 0.680. The number of aliphatic hydroxyl groups is 1. The number of benzene rings is 1. The van der Waals surface area contributed by atoms with Gasteiger partial charge >= 0.3 is 0 Å². The second-order valence-electron chi connectivity index (χ2n) is 10.7. The third kappa shape index (κ3) is 4.86. The van der Waals surface area contributed by atoms with Gasteiger partial charge in [-0.3, -0.25) is 4.90 Å². The molecule has 0 amide bonds. The Labute approximate surface area is 185 Å². The Morgan fingerprint density at radius 1 is 1.10 bits per heavy atom. The number of hydrogen-bond donors (Lipinski definition) is 1. The van der Waals surface area contributed by atoms with Gasteiger partial charge in [0.25, 0.3) is 0 Å². The number of rotatable bonds is 7. The molecule has 5 rings (SSSR count). The summed E-state index contributed by atoms with van der Waals surface area (Å²) in [6.45, 7) is 9.86. The molecule has 0 radical (unpaired) electrons. The van der Waals surface area contributed by atoms with Crippen molar-refractivity contribution in [2.45, 2.75) is 70.7 Å². The summed E-state index contributed by atoms with van der Waals surface area (Å²) in [5.74, 6) is 2.09. The molecule has 6 nitrogen and oxygen atoms in total. The number of aromatic nitrogens is 3. The summed E-state index contributed by atoms with van der Waals surface area (Å²) in [5.41, 5.74) is 2.37. The van der Waals surface area contributed by atoms with Crippen molar-refractivity contribution >= 4 is 0 Å². The van der Waals surface area contributed by atoms with E-state index < -0.39 is 5.60 Å². The van der Waals surface area contributed by atoms with E-state index in [2.05, 4.69) is 46.4 Å². The van der Waals surface area contributed by atoms with E-state index in [0.29, 0.717) is 17.5 Å². The van der Waals surface area contributed by atoms with Gasteiger partial charge in [0.05, 0.1) is 18.3 Å². The maximum atomic E-state index is 10.3. The number of fused-ring (bicyclic) bond motifs is 1. The standard InChI is InChI=1S/C25H36N4O2/c1-17-4-6-18(7-5-17)12-28-13-20-10-22(29-15-24(26-27-29)25(2,3)30)23(11-21(20)14-28)31-16-19-8-9-19/h4-7,15,19-23,30H,8-14,16H2,1-3H3/t20-,21+,22-,23-/m1/s1. The Kier molecular flexibility index (Phi) is 5.65. The highest BCUT2D eigenvalue weighted by Gasteiger charge is 2.44. The summed E-state index contributed by atoms with van der Waals surface area (Å²) in [6, 6.07) is 9.13. The molecule has 0 unspecified atom stereocenters. The zero-order valence-electron chi connectivity index (χ0n) is 19.1. The molecule has 4 atom stereocenters. The van der Waals surface area contributed by atoms with E-state index in [1.165, 1.54) is 24.0 Å². The largest absolute Gasteiger partial charge is 0.384 e. The molecule has 1 saturated heterocycles. The van der Waals surface area contributed by atoms with Crippen LogP contribution in [-0.4, -0.2) is 50.8 Å². The van der Waals surface area contributed by atoms with Crippen molar-refractivity contribution in [2.24, 2.45) is 17.8 Å². The minimum absolute atomic E-state index is 0.178. The van der Waals surface area contributed by atoms with Crippen molar-refractivity contribution < 1.29 is 9.84 Å². The third-order valence-electron chi connectivity index (χ3n) is 7.41. The summed E-state index contributed by atoms with van der Waals surface area (Å²) >= 11 is 0. The van der Waals surface area contributed by atoms with E-state index in [9.17, 15) is 5.11 Å². The predicted molar refractivity (Wildman–Crippen MR) is 119 cm³/mol. The van der Waals surface area contributed by atoms with E-state index >= 15 is 0 Å². The number of likely N-dealkylation sites (tertiary alicyclic amines) is 1. The first-order valence-electron chi connectivity index (χ1n) is 11.9. The zero-order chi connectivity index (χ0) is 21.6. The van der Waals surface area contributed by atoms with Gasteiger partial charge in [-0.2, -0.15) is 0 Å². The molecule has 2 saturated carbocycles. The van der Waals surface area contributed by atoms with Crippen LogP contribution in [0.15, 0.2) is 30.5 Å². The van der Waals surface area contributed by atoms with Crippen molar-refractivity contribution in [3.63, 3.8) is 0 Å². The number of aryl methyl sites for hydroxylation is 1. The number of hydrogen-bond acceptors (Lipinski definition) is 5. The molecule has 1 aliphatic heterocycles. The van der Waals surface area contributed by atoms with Crippen LogP contribution in [0.5, 0.6) is 0 Å². The van der Waals surface area contributed by atoms with Crippen molar-refractivity contribution in [1.82, 2.24) is 19.9 Å². The molecule has 6 heteroatoms. The van der Waals surface area contributed by atoms with Crippen molar-refractivity contribution in [2.75, 3.05) is 19.7 Å². The van der Waals surface area contributed by atoms with Gasteiger partial charge in [-0.1, -0.05) is 35.0 Å². The molecule has 31 heavy (non-hydrogen) atoms. The lowest BCUT2D eigenvalue weighted by Gasteiger charge is -2.37. The summed E-state index contributed by atoms with van der Waals surface area (Å²) in [4.78, 5) is 2.62. The van der Waals surface area contributed by atoms with Crippen molar-refractivity contribution in [3.8, 4) is 0 Å². The van der Waals surface area contributed by atoms with E-state index in [1.807, 2.05) is 10.9 Å². The van der Waals surface area contributed by atoms with Gasteiger partial charge in [0, 0.05) is 26.2 Å². The third-order valence-corrected chi connectivity index (χ3v) is 7.41. The monoisotopic (exact) mass is 424 g/mol. The molecule has 1 N–H and O–H groups in total. The molecule has 0 bridgehead atoms. The highest BCUT2D eigenvalue weighted by molar-refractivity contribution is 5.21. The molecule has 3 aliphatic rings. The molecule has 1 aromatic heterocycles. The van der Waals surface area contributed by atoms with Crippen molar-refractivity contribution in [3.05, 3.63) is 47.3 Å². The molecule has 2 aliphatic carbocycles. The average molecular weight is 425 g/mol. The van der Waals surface area contributed by atoms with Crippen LogP contribution in [0.2, 0.25) is 0 Å². The molecular formula is C25H36N4O2. The lowest BCUT2D eigenvalue weighted by atomic mass is 9.77. The Morgan fingerprint density at radius 3 is 2.45 bits per heavy atom. The van der Waals surface area contributed by atoms with E-state index in [-0.39, 0.29) is 12.1 Å². The molecule has 2 heterocycles. The second-order valence-corrected chi connectivity index (χ2v) is 10.7. The Morgan fingerprint density at radius 2 is 1.81 bits per heavy atom. The normalized spacial score (nSPS) is 29.3. The molecule has 0 spiro atoms. The first-order valence-corrected chi connectivity index (χ1v) is 11.9. The lowest BCUT2D eigenvalue weighted by Crippen LogP contribution is -2.38. The van der Waals surface area contributed by atoms with Gasteiger partial charge in [-0.15, -0.1) is 5.10 Å². The van der Waals surface area contributed by atoms with E-state index in [4.69, 9.17) is 4.74 Å². The Hall–Kier alpha value is -1.76. The van der Waals surface area contributed by atoms with E-state index in [1.54, 1.807) is 13.8 Å².